The molecule has 0 aliphatic rings. The van der Waals surface area contributed by atoms with E-state index in [0.717, 1.165) is 0 Å². The van der Waals surface area contributed by atoms with Gasteiger partial charge >= 0.3 is 0 Å². The first-order valence-electron chi connectivity index (χ1n) is 5.52. The van der Waals surface area contributed by atoms with Gasteiger partial charge in [-0.2, -0.15) is 0 Å². The number of anilines is 1. The molecular weight excluding hydrogens is 220 g/mol. The number of rotatable bonds is 5. The molecule has 4 N–H and O–H groups in total. The van der Waals surface area contributed by atoms with Crippen molar-refractivity contribution in [1.82, 2.24) is 5.32 Å². The van der Waals surface area contributed by atoms with E-state index in [4.69, 9.17) is 15.6 Å². The Hall–Kier alpha value is -1.75. The zero-order valence-corrected chi connectivity index (χ0v) is 10.1. The quantitative estimate of drug-likeness (QED) is 0.662. The first-order chi connectivity index (χ1) is 8.08. The van der Waals surface area contributed by atoms with Crippen LogP contribution in [0.15, 0.2) is 18.2 Å². The van der Waals surface area contributed by atoms with Gasteiger partial charge in [0, 0.05) is 11.6 Å². The van der Waals surface area contributed by atoms with Crippen molar-refractivity contribution in [2.45, 2.75) is 19.9 Å². The van der Waals surface area contributed by atoms with Gasteiger partial charge in [0.05, 0.1) is 18.9 Å². The smallest absolute Gasteiger partial charge is 0.251 e. The monoisotopic (exact) mass is 238 g/mol. The van der Waals surface area contributed by atoms with Gasteiger partial charge in [-0.15, -0.1) is 0 Å². The molecule has 0 radical (unpaired) electrons. The number of nitrogens with one attached hydrogen (secondary N) is 1. The van der Waals surface area contributed by atoms with E-state index in [-0.39, 0.29) is 18.6 Å². The summed E-state index contributed by atoms with van der Waals surface area (Å²) in [4.78, 5) is 11.7. The molecule has 0 aliphatic carbocycles. The lowest BCUT2D eigenvalue weighted by molar-refractivity contribution is 0.0922. The van der Waals surface area contributed by atoms with Crippen molar-refractivity contribution >= 4 is 11.6 Å². The van der Waals surface area contributed by atoms with Crippen molar-refractivity contribution < 1.29 is 14.6 Å². The van der Waals surface area contributed by atoms with Crippen LogP contribution < -0.4 is 15.8 Å². The highest BCUT2D eigenvalue weighted by Crippen LogP contribution is 2.22. The van der Waals surface area contributed by atoms with Crippen LogP contribution in [0.5, 0.6) is 5.75 Å². The molecule has 1 amide bonds. The van der Waals surface area contributed by atoms with Crippen molar-refractivity contribution in [2.24, 2.45) is 0 Å². The Morgan fingerprint density at radius 1 is 1.59 bits per heavy atom. The highest BCUT2D eigenvalue weighted by Gasteiger charge is 2.10. The van der Waals surface area contributed by atoms with Crippen molar-refractivity contribution in [3.8, 4) is 5.75 Å². The van der Waals surface area contributed by atoms with Gasteiger partial charge in [-0.25, -0.2) is 0 Å². The number of benzene rings is 1. The number of hydrogen-bond acceptors (Lipinski definition) is 4. The summed E-state index contributed by atoms with van der Waals surface area (Å²) in [6.45, 7) is 4.01. The molecule has 0 bridgehead atoms. The number of aliphatic hydroxyl groups excluding tert-OH is 1. The molecule has 0 spiro atoms. The Morgan fingerprint density at radius 2 is 2.29 bits per heavy atom. The predicted molar refractivity (Wildman–Crippen MR) is 66.0 cm³/mol. The Balaban J connectivity index is 2.79. The first-order valence-corrected chi connectivity index (χ1v) is 5.52. The summed E-state index contributed by atoms with van der Waals surface area (Å²) in [7, 11) is 0. The molecule has 0 saturated heterocycles. The van der Waals surface area contributed by atoms with E-state index in [9.17, 15) is 4.79 Å². The number of carbonyl (C=O) groups is 1. The maximum absolute atomic E-state index is 11.7. The number of hydrogen-bond donors (Lipinski definition) is 3. The second-order valence-electron chi connectivity index (χ2n) is 3.74. The summed E-state index contributed by atoms with van der Waals surface area (Å²) in [5.41, 5.74) is 6.63. The molecule has 0 saturated carbocycles. The van der Waals surface area contributed by atoms with E-state index in [1.807, 2.05) is 6.92 Å². The lowest BCUT2D eigenvalue weighted by Crippen LogP contribution is -2.35. The standard InChI is InChI=1S/C12H18N2O3/c1-3-17-11-5-4-9(6-10(11)13)12(16)14-8(2)7-15/h4-6,8,15H,3,7,13H2,1-2H3,(H,14,16)/t8-/m0/s1. The lowest BCUT2D eigenvalue weighted by Gasteiger charge is -2.12. The van der Waals surface area contributed by atoms with Gasteiger partial charge in [-0.3, -0.25) is 4.79 Å². The van der Waals surface area contributed by atoms with Gasteiger partial charge < -0.3 is 20.9 Å². The molecule has 0 aliphatic heterocycles. The molecule has 0 heterocycles. The zero-order chi connectivity index (χ0) is 12.8. The minimum atomic E-state index is -0.282. The average Bonchev–Trinajstić information content (AvgIpc) is 2.31. The van der Waals surface area contributed by atoms with Gasteiger partial charge in [0.2, 0.25) is 0 Å². The number of aliphatic hydroxyl groups is 1. The van der Waals surface area contributed by atoms with Gasteiger partial charge in [0.1, 0.15) is 5.75 Å². The van der Waals surface area contributed by atoms with Gasteiger partial charge in [0.15, 0.2) is 0 Å². The highest BCUT2D eigenvalue weighted by atomic mass is 16.5. The third-order valence-corrected chi connectivity index (χ3v) is 2.22. The molecule has 0 unspecified atom stereocenters. The largest absolute Gasteiger partial charge is 0.492 e. The molecule has 5 heteroatoms. The van der Waals surface area contributed by atoms with E-state index < -0.39 is 0 Å². The van der Waals surface area contributed by atoms with E-state index in [2.05, 4.69) is 5.32 Å². The Morgan fingerprint density at radius 3 is 2.82 bits per heavy atom. The minimum Gasteiger partial charge on any atom is -0.492 e. The van der Waals surface area contributed by atoms with Gasteiger partial charge in [-0.1, -0.05) is 0 Å². The highest BCUT2D eigenvalue weighted by molar-refractivity contribution is 5.95. The van der Waals surface area contributed by atoms with Crippen LogP contribution in [0.4, 0.5) is 5.69 Å². The van der Waals surface area contributed by atoms with Crippen molar-refractivity contribution in [3.05, 3.63) is 23.8 Å². The fourth-order valence-electron chi connectivity index (χ4n) is 1.33. The maximum Gasteiger partial charge on any atom is 0.251 e. The van der Waals surface area contributed by atoms with Crippen LogP contribution in [0.25, 0.3) is 0 Å². The number of nitrogen functional groups attached to an aromatic ring is 1. The fourth-order valence-corrected chi connectivity index (χ4v) is 1.33. The van der Waals surface area contributed by atoms with Crippen molar-refractivity contribution in [1.29, 1.82) is 0 Å². The van der Waals surface area contributed by atoms with Crippen LogP contribution >= 0.6 is 0 Å². The molecule has 5 nitrogen and oxygen atoms in total. The summed E-state index contributed by atoms with van der Waals surface area (Å²) < 4.78 is 5.28. The molecule has 1 aromatic carbocycles. The lowest BCUT2D eigenvalue weighted by atomic mass is 10.1. The van der Waals surface area contributed by atoms with Crippen LogP contribution in [-0.4, -0.2) is 30.3 Å². The molecule has 1 rings (SSSR count). The maximum atomic E-state index is 11.7. The Bertz CT molecular complexity index is 393. The summed E-state index contributed by atoms with van der Waals surface area (Å²) in [5.74, 6) is 0.306. The van der Waals surface area contributed by atoms with Crippen LogP contribution in [0.3, 0.4) is 0 Å². The zero-order valence-electron chi connectivity index (χ0n) is 10.1. The SMILES string of the molecule is CCOc1ccc(C(=O)N[C@@H](C)CO)cc1N. The van der Waals surface area contributed by atoms with E-state index in [0.29, 0.717) is 23.6 Å². The molecular formula is C12H18N2O3. The van der Waals surface area contributed by atoms with E-state index in [1.165, 1.54) is 0 Å². The van der Waals surface area contributed by atoms with Crippen molar-refractivity contribution in [3.63, 3.8) is 0 Å². The molecule has 17 heavy (non-hydrogen) atoms. The van der Waals surface area contributed by atoms with Gasteiger partial charge in [-0.05, 0) is 32.0 Å². The van der Waals surface area contributed by atoms with Crippen LogP contribution in [-0.2, 0) is 0 Å². The third kappa shape index (κ3) is 3.64. The second-order valence-corrected chi connectivity index (χ2v) is 3.74. The van der Waals surface area contributed by atoms with Crippen LogP contribution in [0.2, 0.25) is 0 Å². The van der Waals surface area contributed by atoms with Crippen LogP contribution in [0, 0.1) is 0 Å². The molecule has 0 fully saturated rings. The summed E-state index contributed by atoms with van der Waals surface area (Å²) in [6, 6.07) is 4.58. The predicted octanol–water partition coefficient (Wildman–Crippen LogP) is 0.778. The number of amides is 1. The molecule has 94 valence electrons. The average molecular weight is 238 g/mol. The summed E-state index contributed by atoms with van der Waals surface area (Å²) in [6.07, 6.45) is 0. The third-order valence-electron chi connectivity index (χ3n) is 2.22. The second kappa shape index (κ2) is 6.10. The molecule has 1 atom stereocenters. The first kappa shape index (κ1) is 13.3. The molecule has 1 aromatic rings. The summed E-state index contributed by atoms with van der Waals surface area (Å²) >= 11 is 0. The Labute approximate surface area is 101 Å². The summed E-state index contributed by atoms with van der Waals surface area (Å²) in [5, 5.41) is 11.5. The fraction of sp³-hybridized carbons (Fsp3) is 0.417. The van der Waals surface area contributed by atoms with Crippen molar-refractivity contribution in [2.75, 3.05) is 18.9 Å². The number of carbonyl (C=O) groups excluding carboxylic acids is 1. The van der Waals surface area contributed by atoms with Crippen LogP contribution in [0.1, 0.15) is 24.2 Å². The van der Waals surface area contributed by atoms with E-state index >= 15 is 0 Å². The Kier molecular flexibility index (Phi) is 4.78. The molecule has 0 aromatic heterocycles. The number of ether oxygens (including phenoxy) is 1. The normalized spacial score (nSPS) is 11.9. The van der Waals surface area contributed by atoms with Gasteiger partial charge in [0.25, 0.3) is 5.91 Å². The minimum absolute atomic E-state index is 0.0990. The number of nitrogens with two attached hydrogens (primary N) is 1. The van der Waals surface area contributed by atoms with E-state index in [1.54, 1.807) is 25.1 Å². The topological polar surface area (TPSA) is 84.6 Å².